The molecule has 0 aliphatic heterocycles. The number of amides is 7. The summed E-state index contributed by atoms with van der Waals surface area (Å²) in [6.45, 7) is 11.4. The highest BCUT2D eigenvalue weighted by Crippen LogP contribution is 2.13. The Kier molecular flexibility index (Phi) is 28.5. The Labute approximate surface area is 360 Å². The van der Waals surface area contributed by atoms with E-state index in [4.69, 9.17) is 17.2 Å². The molecule has 7 amide bonds. The van der Waals surface area contributed by atoms with E-state index in [2.05, 4.69) is 62.5 Å². The highest BCUT2D eigenvalue weighted by atomic mass is 32.1. The molecule has 0 saturated heterocycles. The highest BCUT2D eigenvalue weighted by molar-refractivity contribution is 7.80. The maximum atomic E-state index is 14.0. The standard InChI is InChI=1S/C38H72N10O9S2/c1-21(2)15-26(33(51)43-24(11-7-9-13-39)32(50)44-25(38(56)57)12-8-10-14-40)45-34(52)27(16-22(3)4)46-35(53)28(17-23(5)6)47-37(55)30(20-59)48-36(54)29(19-58)42-31(49)18-41/h21-30,58-59H,7-20,39-41H2,1-6H3,(H,42,49)(H,43,51)(H,44,50)(H,45,52)(H,46,53)(H,47,55)(H,48,54)(H,56,57)/t24-,25-,26-,27-,28-,29-,30-/m0/s1. The summed E-state index contributed by atoms with van der Waals surface area (Å²) in [4.78, 5) is 105. The maximum Gasteiger partial charge on any atom is 0.326 e. The van der Waals surface area contributed by atoms with Crippen LogP contribution in [0, 0.1) is 17.8 Å². The predicted octanol–water partition coefficient (Wildman–Crippen LogP) is -1.32. The fraction of sp³-hybridized carbons (Fsp3) is 0.789. The van der Waals surface area contributed by atoms with Crippen molar-refractivity contribution in [3.63, 3.8) is 0 Å². The number of unbranched alkanes of at least 4 members (excludes halogenated alkanes) is 2. The zero-order valence-electron chi connectivity index (χ0n) is 35.5. The molecule has 0 saturated carbocycles. The zero-order chi connectivity index (χ0) is 45.2. The summed E-state index contributed by atoms with van der Waals surface area (Å²) in [6, 6.07) is -8.04. The van der Waals surface area contributed by atoms with Gasteiger partial charge in [0.05, 0.1) is 6.54 Å². The van der Waals surface area contributed by atoms with Crippen LogP contribution in [0.1, 0.15) is 99.3 Å². The second-order valence-electron chi connectivity index (χ2n) is 15.9. The summed E-state index contributed by atoms with van der Waals surface area (Å²) < 4.78 is 0. The number of aliphatic carboxylic acids is 1. The van der Waals surface area contributed by atoms with Crippen LogP contribution in [-0.2, 0) is 38.4 Å². The number of hydrogen-bond acceptors (Lipinski definition) is 13. The normalized spacial score (nSPS) is 14.9. The van der Waals surface area contributed by atoms with E-state index < -0.39 is 89.6 Å². The molecule has 0 aromatic carbocycles. The Balaban J connectivity index is 6.28. The molecule has 0 spiro atoms. The first-order chi connectivity index (χ1) is 27.7. The molecule has 0 bridgehead atoms. The Morgan fingerprint density at radius 1 is 0.441 bits per heavy atom. The van der Waals surface area contributed by atoms with Crippen LogP contribution in [0.5, 0.6) is 0 Å². The molecule has 0 aromatic rings. The summed E-state index contributed by atoms with van der Waals surface area (Å²) in [7, 11) is 0. The van der Waals surface area contributed by atoms with Crippen molar-refractivity contribution in [2.75, 3.05) is 31.1 Å². The third-order valence-corrected chi connectivity index (χ3v) is 9.73. The van der Waals surface area contributed by atoms with Gasteiger partial charge in [0.15, 0.2) is 0 Å². The number of rotatable bonds is 31. The summed E-state index contributed by atoms with van der Waals surface area (Å²) in [5.41, 5.74) is 16.5. The number of hydrogen-bond donors (Lipinski definition) is 13. The van der Waals surface area contributed by atoms with Gasteiger partial charge in [-0.15, -0.1) is 0 Å². The van der Waals surface area contributed by atoms with Crippen molar-refractivity contribution in [2.24, 2.45) is 35.0 Å². The molecule has 0 aliphatic carbocycles. The lowest BCUT2D eigenvalue weighted by Gasteiger charge is -2.29. The molecule has 0 unspecified atom stereocenters. The molecule has 7 atom stereocenters. The molecule has 0 rings (SSSR count). The molecule has 0 aliphatic rings. The number of carboxylic acids is 1. The molecule has 19 nitrogen and oxygen atoms in total. The van der Waals surface area contributed by atoms with E-state index in [-0.39, 0.29) is 67.9 Å². The topological polar surface area (TPSA) is 319 Å². The molecule has 0 fully saturated rings. The molecule has 14 N–H and O–H groups in total. The van der Waals surface area contributed by atoms with Crippen LogP contribution in [0.25, 0.3) is 0 Å². The second kappa shape index (κ2) is 30.4. The smallest absolute Gasteiger partial charge is 0.326 e. The largest absolute Gasteiger partial charge is 0.480 e. The molecule has 340 valence electrons. The van der Waals surface area contributed by atoms with Gasteiger partial charge in [0.2, 0.25) is 41.4 Å². The van der Waals surface area contributed by atoms with Crippen molar-refractivity contribution >= 4 is 72.6 Å². The van der Waals surface area contributed by atoms with Crippen molar-refractivity contribution in [1.29, 1.82) is 0 Å². The number of carboxylic acid groups (broad SMARTS) is 1. The van der Waals surface area contributed by atoms with Crippen LogP contribution < -0.4 is 54.4 Å². The van der Waals surface area contributed by atoms with Gasteiger partial charge in [0, 0.05) is 11.5 Å². The number of nitrogens with two attached hydrogens (primary N) is 3. The molecule has 0 aromatic heterocycles. The molecular weight excluding hydrogens is 805 g/mol. The van der Waals surface area contributed by atoms with Crippen molar-refractivity contribution in [2.45, 2.75) is 142 Å². The van der Waals surface area contributed by atoms with Crippen LogP contribution in [0.3, 0.4) is 0 Å². The summed E-state index contributed by atoms with van der Waals surface area (Å²) >= 11 is 8.29. The quantitative estimate of drug-likeness (QED) is 0.0285. The first-order valence-electron chi connectivity index (χ1n) is 20.4. The van der Waals surface area contributed by atoms with Gasteiger partial charge in [-0.3, -0.25) is 33.6 Å². The van der Waals surface area contributed by atoms with E-state index in [1.54, 1.807) is 0 Å². The van der Waals surface area contributed by atoms with Gasteiger partial charge in [-0.1, -0.05) is 41.5 Å². The Hall–Kier alpha value is -3.66. The van der Waals surface area contributed by atoms with Crippen LogP contribution in [0.4, 0.5) is 0 Å². The van der Waals surface area contributed by atoms with Crippen LogP contribution in [-0.4, -0.2) is 126 Å². The van der Waals surface area contributed by atoms with E-state index in [1.807, 2.05) is 41.5 Å². The Bertz CT molecular complexity index is 1360. The van der Waals surface area contributed by atoms with Gasteiger partial charge in [0.1, 0.15) is 42.3 Å². The van der Waals surface area contributed by atoms with E-state index >= 15 is 0 Å². The molecule has 0 radical (unpaired) electrons. The highest BCUT2D eigenvalue weighted by Gasteiger charge is 2.34. The first kappa shape index (κ1) is 55.3. The number of carbonyl (C=O) groups excluding carboxylic acids is 7. The molecule has 59 heavy (non-hydrogen) atoms. The molecular formula is C38H72N10O9S2. The van der Waals surface area contributed by atoms with Gasteiger partial charge >= 0.3 is 5.97 Å². The third kappa shape index (κ3) is 23.1. The minimum absolute atomic E-state index is 0.0796. The van der Waals surface area contributed by atoms with Crippen molar-refractivity contribution < 1.29 is 43.5 Å². The van der Waals surface area contributed by atoms with Crippen LogP contribution in [0.15, 0.2) is 0 Å². The summed E-state index contributed by atoms with van der Waals surface area (Å²) in [5, 5.41) is 28.0. The minimum atomic E-state index is -1.22. The van der Waals surface area contributed by atoms with E-state index in [0.29, 0.717) is 38.8 Å². The fourth-order valence-corrected chi connectivity index (χ4v) is 6.41. The first-order valence-corrected chi connectivity index (χ1v) is 21.7. The lowest BCUT2D eigenvalue weighted by Crippen LogP contribution is -2.60. The molecule has 21 heteroatoms. The van der Waals surface area contributed by atoms with Gasteiger partial charge < -0.3 is 59.5 Å². The molecule has 0 heterocycles. The summed E-state index contributed by atoms with van der Waals surface area (Å²) in [5.74, 6) is -6.50. The summed E-state index contributed by atoms with van der Waals surface area (Å²) in [6.07, 6.45) is 2.87. The number of thiol groups is 2. The van der Waals surface area contributed by atoms with Gasteiger partial charge in [-0.05, 0) is 88.6 Å². The van der Waals surface area contributed by atoms with Crippen molar-refractivity contribution in [3.05, 3.63) is 0 Å². The van der Waals surface area contributed by atoms with Gasteiger partial charge in [-0.25, -0.2) is 4.79 Å². The van der Waals surface area contributed by atoms with Crippen LogP contribution in [0.2, 0.25) is 0 Å². The monoisotopic (exact) mass is 876 g/mol. The van der Waals surface area contributed by atoms with Gasteiger partial charge in [-0.2, -0.15) is 25.3 Å². The van der Waals surface area contributed by atoms with Crippen molar-refractivity contribution in [1.82, 2.24) is 37.2 Å². The maximum absolute atomic E-state index is 14.0. The lowest BCUT2D eigenvalue weighted by atomic mass is 9.98. The van der Waals surface area contributed by atoms with E-state index in [0.717, 1.165) is 0 Å². The average Bonchev–Trinajstić information content (AvgIpc) is 3.16. The predicted molar refractivity (Wildman–Crippen MR) is 232 cm³/mol. The number of carbonyl (C=O) groups is 8. The Morgan fingerprint density at radius 3 is 1.05 bits per heavy atom. The SMILES string of the molecule is CC(C)C[C@H](NC(=O)[C@H](CC(C)C)NC(=O)[C@H](CC(C)C)NC(=O)[C@H](CS)NC(=O)[C@H](CS)NC(=O)CN)C(=O)N[C@@H](CCCCN)C(=O)N[C@@H](CCCCN)C(=O)O. The van der Waals surface area contributed by atoms with Crippen molar-refractivity contribution in [3.8, 4) is 0 Å². The Morgan fingerprint density at radius 2 is 0.729 bits per heavy atom. The lowest BCUT2D eigenvalue weighted by molar-refractivity contribution is -0.142. The second-order valence-corrected chi connectivity index (χ2v) is 16.6. The average molecular weight is 877 g/mol. The van der Waals surface area contributed by atoms with Gasteiger partial charge in [0.25, 0.3) is 0 Å². The number of nitrogens with one attached hydrogen (secondary N) is 7. The van der Waals surface area contributed by atoms with E-state index in [1.165, 1.54) is 0 Å². The van der Waals surface area contributed by atoms with E-state index in [9.17, 15) is 43.5 Å². The third-order valence-electron chi connectivity index (χ3n) is 9.00. The van der Waals surface area contributed by atoms with Crippen LogP contribution >= 0.6 is 25.3 Å². The minimum Gasteiger partial charge on any atom is -0.480 e. The zero-order valence-corrected chi connectivity index (χ0v) is 37.3. The fourth-order valence-electron chi connectivity index (χ4n) is 5.90.